The van der Waals surface area contributed by atoms with Gasteiger partial charge in [-0.15, -0.1) is 0 Å². The molecule has 18 heavy (non-hydrogen) atoms. The van der Waals surface area contributed by atoms with Gasteiger partial charge in [0, 0.05) is 21.9 Å². The number of rotatable bonds is 0. The maximum atomic E-state index is 10.5. The highest BCUT2D eigenvalue weighted by molar-refractivity contribution is 6.36. The molecular weight excluding hydrogens is 248 g/mol. The Morgan fingerprint density at radius 2 is 1.67 bits per heavy atom. The molecule has 1 fully saturated rings. The lowest BCUT2D eigenvalue weighted by Gasteiger charge is -2.20. The van der Waals surface area contributed by atoms with E-state index in [-0.39, 0.29) is 5.75 Å². The quantitative estimate of drug-likeness (QED) is 0.695. The Bertz CT molecular complexity index is 678. The van der Waals surface area contributed by atoms with Crippen LogP contribution < -0.4 is 0 Å². The van der Waals surface area contributed by atoms with E-state index in [1.807, 2.05) is 12.1 Å². The van der Waals surface area contributed by atoms with Gasteiger partial charge in [0.15, 0.2) is 0 Å². The maximum Gasteiger partial charge on any atom is 0.128 e. The van der Waals surface area contributed by atoms with Crippen molar-refractivity contribution in [3.05, 3.63) is 34.3 Å². The number of fused-ring (bicyclic) bond motifs is 6. The van der Waals surface area contributed by atoms with Gasteiger partial charge >= 0.3 is 0 Å². The third kappa shape index (κ3) is 1.10. The van der Waals surface area contributed by atoms with E-state index in [2.05, 4.69) is 0 Å². The summed E-state index contributed by atoms with van der Waals surface area (Å²) in [6.07, 6.45) is 3.29. The summed E-state index contributed by atoms with van der Waals surface area (Å²) in [6.45, 7) is 0. The van der Waals surface area contributed by atoms with Gasteiger partial charge in [-0.25, -0.2) is 0 Å². The van der Waals surface area contributed by atoms with E-state index in [4.69, 9.17) is 11.6 Å². The molecule has 4 rings (SSSR count). The average molecular weight is 261 g/mol. The van der Waals surface area contributed by atoms with Crippen molar-refractivity contribution in [2.24, 2.45) is 0 Å². The normalized spacial score (nSPS) is 24.7. The second-order valence-corrected chi connectivity index (χ2v) is 5.80. The summed E-state index contributed by atoms with van der Waals surface area (Å²) in [6, 6.07) is 5.38. The molecule has 0 spiro atoms. The highest BCUT2D eigenvalue weighted by atomic mass is 35.5. The van der Waals surface area contributed by atoms with Crippen LogP contribution in [0.4, 0.5) is 0 Å². The van der Waals surface area contributed by atoms with Crippen LogP contribution in [0.3, 0.4) is 0 Å². The number of hydrogen-bond acceptors (Lipinski definition) is 2. The summed E-state index contributed by atoms with van der Waals surface area (Å²) in [5, 5.41) is 22.8. The zero-order chi connectivity index (χ0) is 12.4. The predicted molar refractivity (Wildman–Crippen MR) is 71.6 cm³/mol. The van der Waals surface area contributed by atoms with Crippen LogP contribution in [0.2, 0.25) is 5.02 Å². The zero-order valence-corrected chi connectivity index (χ0v) is 10.5. The van der Waals surface area contributed by atoms with Crippen LogP contribution >= 0.6 is 11.6 Å². The minimum absolute atomic E-state index is 0.288. The molecule has 0 heterocycles. The lowest BCUT2D eigenvalue weighted by Crippen LogP contribution is -2.00. The van der Waals surface area contributed by atoms with Crippen molar-refractivity contribution in [1.29, 1.82) is 0 Å². The van der Waals surface area contributed by atoms with E-state index in [1.54, 1.807) is 6.07 Å². The van der Waals surface area contributed by atoms with E-state index in [0.29, 0.717) is 33.4 Å². The molecule has 2 aromatic rings. The van der Waals surface area contributed by atoms with Gasteiger partial charge in [0.25, 0.3) is 0 Å². The van der Waals surface area contributed by atoms with Crippen molar-refractivity contribution in [2.45, 2.75) is 31.1 Å². The highest BCUT2D eigenvalue weighted by Crippen LogP contribution is 2.61. The molecule has 3 heteroatoms. The molecule has 0 aromatic heterocycles. The molecule has 2 N–H and O–H groups in total. The number of halogens is 1. The molecule has 92 valence electrons. The lowest BCUT2D eigenvalue weighted by atomic mass is 9.87. The van der Waals surface area contributed by atoms with E-state index < -0.39 is 0 Å². The first-order valence-corrected chi connectivity index (χ1v) is 6.72. The van der Waals surface area contributed by atoms with E-state index in [0.717, 1.165) is 30.4 Å². The molecule has 0 radical (unpaired) electrons. The molecule has 2 aliphatic rings. The largest absolute Gasteiger partial charge is 0.507 e. The van der Waals surface area contributed by atoms with Crippen molar-refractivity contribution in [3.8, 4) is 11.5 Å². The van der Waals surface area contributed by atoms with Crippen LogP contribution in [0.5, 0.6) is 11.5 Å². The van der Waals surface area contributed by atoms with E-state index in [1.165, 1.54) is 0 Å². The van der Waals surface area contributed by atoms with Gasteiger partial charge < -0.3 is 10.2 Å². The second-order valence-electron chi connectivity index (χ2n) is 5.39. The molecular formula is C15H13ClO2. The van der Waals surface area contributed by atoms with Crippen LogP contribution in [0.15, 0.2) is 18.2 Å². The summed E-state index contributed by atoms with van der Waals surface area (Å²) in [4.78, 5) is 0. The highest BCUT2D eigenvalue weighted by Gasteiger charge is 2.42. The van der Waals surface area contributed by atoms with Crippen LogP contribution in [0, 0.1) is 0 Å². The van der Waals surface area contributed by atoms with Crippen molar-refractivity contribution < 1.29 is 10.2 Å². The molecule has 1 saturated carbocycles. The van der Waals surface area contributed by atoms with Gasteiger partial charge in [0.2, 0.25) is 0 Å². The molecule has 2 atom stereocenters. The van der Waals surface area contributed by atoms with Crippen molar-refractivity contribution >= 4 is 22.4 Å². The van der Waals surface area contributed by atoms with Crippen LogP contribution in [0.1, 0.15) is 42.2 Å². The SMILES string of the molecule is Oc1c2c(c(O)c3c(Cl)cccc13)C1CCC2C1. The van der Waals surface area contributed by atoms with Gasteiger partial charge in [0.1, 0.15) is 11.5 Å². The zero-order valence-electron chi connectivity index (χ0n) is 9.78. The number of benzene rings is 2. The van der Waals surface area contributed by atoms with Gasteiger partial charge in [0.05, 0.1) is 5.02 Å². The number of aromatic hydroxyl groups is 2. The van der Waals surface area contributed by atoms with Crippen molar-refractivity contribution in [1.82, 2.24) is 0 Å². The Morgan fingerprint density at radius 1 is 1.00 bits per heavy atom. The average Bonchev–Trinajstić information content (AvgIpc) is 2.96. The topological polar surface area (TPSA) is 40.5 Å². The first kappa shape index (κ1) is 10.5. The molecule has 2 bridgehead atoms. The van der Waals surface area contributed by atoms with Crippen molar-refractivity contribution in [3.63, 3.8) is 0 Å². The van der Waals surface area contributed by atoms with Gasteiger partial charge in [-0.1, -0.05) is 23.7 Å². The Labute approximate surface area is 110 Å². The first-order chi connectivity index (χ1) is 8.68. The maximum absolute atomic E-state index is 10.5. The molecule has 0 saturated heterocycles. The summed E-state index contributed by atoms with van der Waals surface area (Å²) < 4.78 is 0. The Balaban J connectivity index is 2.20. The summed E-state index contributed by atoms with van der Waals surface area (Å²) in [5.41, 5.74) is 1.92. The fraction of sp³-hybridized carbons (Fsp3) is 0.333. The third-order valence-electron chi connectivity index (χ3n) is 4.56. The van der Waals surface area contributed by atoms with Gasteiger partial charge in [-0.2, -0.15) is 0 Å². The fourth-order valence-corrected chi connectivity index (χ4v) is 4.09. The Hall–Kier alpha value is -1.41. The molecule has 2 aromatic carbocycles. The summed E-state index contributed by atoms with van der Waals surface area (Å²) in [7, 11) is 0. The number of hydrogen-bond donors (Lipinski definition) is 2. The van der Waals surface area contributed by atoms with Crippen LogP contribution in [-0.4, -0.2) is 10.2 Å². The molecule has 2 aliphatic carbocycles. The fourth-order valence-electron chi connectivity index (χ4n) is 3.83. The third-order valence-corrected chi connectivity index (χ3v) is 4.87. The smallest absolute Gasteiger partial charge is 0.128 e. The summed E-state index contributed by atoms with van der Waals surface area (Å²) in [5.74, 6) is 1.43. The number of phenols is 2. The molecule has 2 unspecified atom stereocenters. The minimum atomic E-state index is 0.288. The van der Waals surface area contributed by atoms with Crippen LogP contribution in [-0.2, 0) is 0 Å². The molecule has 2 nitrogen and oxygen atoms in total. The lowest BCUT2D eigenvalue weighted by molar-refractivity contribution is 0.452. The van der Waals surface area contributed by atoms with Gasteiger partial charge in [-0.3, -0.25) is 0 Å². The van der Waals surface area contributed by atoms with Crippen molar-refractivity contribution in [2.75, 3.05) is 0 Å². The molecule has 0 amide bonds. The summed E-state index contributed by atoms with van der Waals surface area (Å²) >= 11 is 6.17. The van der Waals surface area contributed by atoms with Crippen LogP contribution in [0.25, 0.3) is 10.8 Å². The standard InChI is InChI=1S/C15H13ClO2/c16-10-3-1-2-9-13(10)15(18)12-8-5-4-7(6-8)11(12)14(9)17/h1-3,7-8,17-18H,4-6H2. The minimum Gasteiger partial charge on any atom is -0.507 e. The predicted octanol–water partition coefficient (Wildman–Crippen LogP) is 4.27. The second kappa shape index (κ2) is 3.33. The first-order valence-electron chi connectivity index (χ1n) is 6.34. The van der Waals surface area contributed by atoms with Gasteiger partial charge in [-0.05, 0) is 37.2 Å². The Kier molecular flexibility index (Phi) is 1.94. The van der Waals surface area contributed by atoms with E-state index >= 15 is 0 Å². The van der Waals surface area contributed by atoms with E-state index in [9.17, 15) is 10.2 Å². The Morgan fingerprint density at radius 3 is 2.39 bits per heavy atom. The number of phenolic OH excluding ortho intramolecular Hbond substituents is 2. The molecule has 0 aliphatic heterocycles. The monoisotopic (exact) mass is 260 g/mol.